The highest BCUT2D eigenvalue weighted by molar-refractivity contribution is 4.57. The van der Waals surface area contributed by atoms with Gasteiger partial charge in [0.05, 0.1) is 12.7 Å². The topological polar surface area (TPSA) is 29.5 Å². The van der Waals surface area contributed by atoms with Gasteiger partial charge in [-0.1, -0.05) is 52.4 Å². The quantitative estimate of drug-likeness (QED) is 0.547. The van der Waals surface area contributed by atoms with Gasteiger partial charge in [-0.25, -0.2) is 0 Å². The molecule has 2 unspecified atom stereocenters. The Morgan fingerprint density at radius 1 is 0.938 bits per heavy atom. The van der Waals surface area contributed by atoms with Gasteiger partial charge in [0.25, 0.3) is 0 Å². The molecule has 0 saturated heterocycles. The first-order valence-corrected chi connectivity index (χ1v) is 6.94. The molecule has 2 atom stereocenters. The molecule has 0 radical (unpaired) electrons. The van der Waals surface area contributed by atoms with Crippen LogP contribution in [0.3, 0.4) is 0 Å². The lowest BCUT2D eigenvalue weighted by Crippen LogP contribution is -2.19. The Bertz CT molecular complexity index is 135. The molecule has 98 valence electrons. The van der Waals surface area contributed by atoms with Crippen molar-refractivity contribution in [2.75, 3.05) is 13.2 Å². The molecule has 1 N–H and O–H groups in total. The second-order valence-corrected chi connectivity index (χ2v) is 4.91. The highest BCUT2D eigenvalue weighted by atomic mass is 16.5. The van der Waals surface area contributed by atoms with E-state index in [0.717, 1.165) is 6.61 Å². The molecule has 0 bridgehead atoms. The van der Waals surface area contributed by atoms with Crippen LogP contribution in [-0.4, -0.2) is 24.4 Å². The molecule has 0 aliphatic carbocycles. The highest BCUT2D eigenvalue weighted by Gasteiger charge is 2.07. The zero-order valence-corrected chi connectivity index (χ0v) is 11.4. The third-order valence-corrected chi connectivity index (χ3v) is 3.10. The van der Waals surface area contributed by atoms with Crippen LogP contribution in [0.15, 0.2) is 0 Å². The van der Waals surface area contributed by atoms with E-state index in [2.05, 4.69) is 6.92 Å². The molecule has 0 saturated carbocycles. The van der Waals surface area contributed by atoms with Crippen LogP contribution < -0.4 is 0 Å². The Balaban J connectivity index is 3.04. The van der Waals surface area contributed by atoms with E-state index >= 15 is 0 Å². The first kappa shape index (κ1) is 15.9. The van der Waals surface area contributed by atoms with E-state index in [1.54, 1.807) is 0 Å². The minimum absolute atomic E-state index is 0.254. The van der Waals surface area contributed by atoms with E-state index in [1.807, 2.05) is 13.8 Å². The van der Waals surface area contributed by atoms with E-state index in [9.17, 15) is 5.11 Å². The molecular weight excluding hydrogens is 200 g/mol. The van der Waals surface area contributed by atoms with Crippen LogP contribution in [0, 0.1) is 5.92 Å². The molecule has 16 heavy (non-hydrogen) atoms. The van der Waals surface area contributed by atoms with Gasteiger partial charge >= 0.3 is 0 Å². The fraction of sp³-hybridized carbons (Fsp3) is 1.00. The summed E-state index contributed by atoms with van der Waals surface area (Å²) in [5.74, 6) is 0.254. The summed E-state index contributed by atoms with van der Waals surface area (Å²) in [4.78, 5) is 0. The summed E-state index contributed by atoms with van der Waals surface area (Å²) < 4.78 is 5.52. The van der Waals surface area contributed by atoms with E-state index < -0.39 is 0 Å². The fourth-order valence-electron chi connectivity index (χ4n) is 1.57. The van der Waals surface area contributed by atoms with Gasteiger partial charge in [-0.05, 0) is 13.3 Å². The van der Waals surface area contributed by atoms with Crippen LogP contribution in [-0.2, 0) is 4.74 Å². The van der Waals surface area contributed by atoms with Gasteiger partial charge in [0.1, 0.15) is 0 Å². The van der Waals surface area contributed by atoms with Crippen LogP contribution in [0.2, 0.25) is 0 Å². The maximum absolute atomic E-state index is 9.26. The summed E-state index contributed by atoms with van der Waals surface area (Å²) in [6.45, 7) is 7.63. The largest absolute Gasteiger partial charge is 0.393 e. The monoisotopic (exact) mass is 230 g/mol. The second kappa shape index (κ2) is 11.4. The lowest BCUT2D eigenvalue weighted by atomic mass is 10.1. The molecule has 0 amide bonds. The number of rotatable bonds is 11. The van der Waals surface area contributed by atoms with Gasteiger partial charge in [-0.2, -0.15) is 0 Å². The second-order valence-electron chi connectivity index (χ2n) is 4.91. The molecule has 0 aromatic heterocycles. The van der Waals surface area contributed by atoms with Gasteiger partial charge in [0, 0.05) is 12.5 Å². The zero-order chi connectivity index (χ0) is 12.2. The third-order valence-electron chi connectivity index (χ3n) is 3.10. The van der Waals surface area contributed by atoms with E-state index in [-0.39, 0.29) is 12.0 Å². The normalized spacial score (nSPS) is 15.0. The van der Waals surface area contributed by atoms with Crippen molar-refractivity contribution >= 4 is 0 Å². The number of unbranched alkanes of at least 4 members (excludes halogenated alkanes) is 6. The Morgan fingerprint density at radius 2 is 1.50 bits per heavy atom. The first-order chi connectivity index (χ1) is 7.68. The molecule has 0 aromatic rings. The zero-order valence-electron chi connectivity index (χ0n) is 11.4. The summed E-state index contributed by atoms with van der Waals surface area (Å²) in [7, 11) is 0. The average Bonchev–Trinajstić information content (AvgIpc) is 2.26. The molecule has 0 rings (SSSR count). The van der Waals surface area contributed by atoms with Gasteiger partial charge in [-0.3, -0.25) is 0 Å². The SMILES string of the molecule is CCCCCCCCCOCC(C)C(C)O. The predicted octanol–water partition coefficient (Wildman–Crippen LogP) is 3.77. The van der Waals surface area contributed by atoms with Crippen LogP contribution in [0.25, 0.3) is 0 Å². The number of ether oxygens (including phenoxy) is 1. The number of aliphatic hydroxyl groups excluding tert-OH is 1. The fourth-order valence-corrected chi connectivity index (χ4v) is 1.57. The summed E-state index contributed by atoms with van der Waals surface area (Å²) in [6, 6.07) is 0. The summed E-state index contributed by atoms with van der Waals surface area (Å²) in [5.41, 5.74) is 0. The molecular formula is C14H30O2. The molecule has 0 aliphatic rings. The smallest absolute Gasteiger partial charge is 0.0559 e. The summed E-state index contributed by atoms with van der Waals surface area (Å²) in [5, 5.41) is 9.26. The maximum atomic E-state index is 9.26. The van der Waals surface area contributed by atoms with Crippen molar-refractivity contribution in [1.82, 2.24) is 0 Å². The number of hydrogen-bond donors (Lipinski definition) is 1. The molecule has 0 aromatic carbocycles. The van der Waals surface area contributed by atoms with E-state index in [0.29, 0.717) is 6.61 Å². The Hall–Kier alpha value is -0.0800. The van der Waals surface area contributed by atoms with Crippen molar-refractivity contribution in [1.29, 1.82) is 0 Å². The predicted molar refractivity (Wildman–Crippen MR) is 69.7 cm³/mol. The molecule has 0 heterocycles. The van der Waals surface area contributed by atoms with Crippen molar-refractivity contribution < 1.29 is 9.84 Å². The Labute approximate surface area is 101 Å². The highest BCUT2D eigenvalue weighted by Crippen LogP contribution is 2.07. The minimum Gasteiger partial charge on any atom is -0.393 e. The van der Waals surface area contributed by atoms with E-state index in [4.69, 9.17) is 4.74 Å². The van der Waals surface area contributed by atoms with Crippen molar-refractivity contribution in [3.8, 4) is 0 Å². The minimum atomic E-state index is -0.256. The van der Waals surface area contributed by atoms with Crippen molar-refractivity contribution in [2.45, 2.75) is 71.8 Å². The number of aliphatic hydroxyl groups is 1. The van der Waals surface area contributed by atoms with Gasteiger partial charge < -0.3 is 9.84 Å². The summed E-state index contributed by atoms with van der Waals surface area (Å²) >= 11 is 0. The molecule has 0 aliphatic heterocycles. The van der Waals surface area contributed by atoms with Crippen LogP contribution in [0.1, 0.15) is 65.7 Å². The average molecular weight is 230 g/mol. The molecule has 0 spiro atoms. The van der Waals surface area contributed by atoms with Gasteiger partial charge in [0.2, 0.25) is 0 Å². The Morgan fingerprint density at radius 3 is 2.06 bits per heavy atom. The lowest BCUT2D eigenvalue weighted by molar-refractivity contribution is 0.0428. The van der Waals surface area contributed by atoms with Crippen molar-refractivity contribution in [3.05, 3.63) is 0 Å². The van der Waals surface area contributed by atoms with Crippen LogP contribution >= 0.6 is 0 Å². The van der Waals surface area contributed by atoms with E-state index in [1.165, 1.54) is 44.9 Å². The van der Waals surface area contributed by atoms with Crippen molar-refractivity contribution in [3.63, 3.8) is 0 Å². The van der Waals surface area contributed by atoms with Gasteiger partial charge in [0.15, 0.2) is 0 Å². The van der Waals surface area contributed by atoms with Gasteiger partial charge in [-0.15, -0.1) is 0 Å². The maximum Gasteiger partial charge on any atom is 0.0559 e. The third kappa shape index (κ3) is 10.4. The lowest BCUT2D eigenvalue weighted by Gasteiger charge is -2.14. The molecule has 2 heteroatoms. The molecule has 2 nitrogen and oxygen atoms in total. The number of hydrogen-bond acceptors (Lipinski definition) is 2. The summed E-state index contributed by atoms with van der Waals surface area (Å²) in [6.07, 6.45) is 8.99. The van der Waals surface area contributed by atoms with Crippen LogP contribution in [0.4, 0.5) is 0 Å². The van der Waals surface area contributed by atoms with Crippen molar-refractivity contribution in [2.24, 2.45) is 5.92 Å². The Kier molecular flexibility index (Phi) is 11.3. The standard InChI is InChI=1S/C14H30O2/c1-4-5-6-7-8-9-10-11-16-12-13(2)14(3)15/h13-15H,4-12H2,1-3H3. The van der Waals surface area contributed by atoms with Crippen LogP contribution in [0.5, 0.6) is 0 Å². The first-order valence-electron chi connectivity index (χ1n) is 6.94. The molecule has 0 fully saturated rings.